The molecular formula is C20H29N5O2S. The Morgan fingerprint density at radius 1 is 1.18 bits per heavy atom. The van der Waals surface area contributed by atoms with E-state index in [2.05, 4.69) is 36.3 Å². The maximum atomic E-state index is 12.6. The van der Waals surface area contributed by atoms with Gasteiger partial charge in [0.25, 0.3) is 0 Å². The average Bonchev–Trinajstić information content (AvgIpc) is 3.01. The standard InChI is InChI=1S/C20H29N5O2S/c1-5-15-6-8-16(9-7-15)22-19(27)14(4)28-20-24-23-18(11-10-17(21)26)25(20)12-13(2)3/h6-9,13-14H,5,10-12H2,1-4H3,(H2,21,26)(H,22,27)/t14-/m0/s1. The molecule has 2 aromatic rings. The second-order valence-electron chi connectivity index (χ2n) is 7.17. The SMILES string of the molecule is CCc1ccc(NC(=O)[C@H](C)Sc2nnc(CCC(N)=O)n2CC(C)C)cc1. The molecule has 0 aliphatic heterocycles. The fourth-order valence-electron chi connectivity index (χ4n) is 2.65. The van der Waals surface area contributed by atoms with E-state index < -0.39 is 0 Å². The van der Waals surface area contributed by atoms with Crippen LogP contribution in [0.15, 0.2) is 29.4 Å². The fraction of sp³-hybridized carbons (Fsp3) is 0.500. The zero-order valence-corrected chi connectivity index (χ0v) is 17.8. The molecule has 28 heavy (non-hydrogen) atoms. The molecule has 0 aliphatic rings. The lowest BCUT2D eigenvalue weighted by atomic mass is 10.1. The van der Waals surface area contributed by atoms with Gasteiger partial charge in [-0.2, -0.15) is 0 Å². The number of anilines is 1. The number of aryl methyl sites for hydroxylation is 2. The lowest BCUT2D eigenvalue weighted by molar-refractivity contribution is -0.118. The van der Waals surface area contributed by atoms with Crippen LogP contribution in [0, 0.1) is 5.92 Å². The molecule has 1 atom stereocenters. The molecule has 8 heteroatoms. The Hall–Kier alpha value is -2.35. The van der Waals surface area contributed by atoms with Gasteiger partial charge in [-0.1, -0.05) is 44.7 Å². The van der Waals surface area contributed by atoms with Gasteiger partial charge in [0.05, 0.1) is 5.25 Å². The quantitative estimate of drug-likeness (QED) is 0.594. The van der Waals surface area contributed by atoms with Crippen LogP contribution in [0.2, 0.25) is 0 Å². The Balaban J connectivity index is 2.07. The van der Waals surface area contributed by atoms with Crippen molar-refractivity contribution in [2.75, 3.05) is 5.32 Å². The third-order valence-corrected chi connectivity index (χ3v) is 5.30. The molecule has 0 spiro atoms. The fourth-order valence-corrected chi connectivity index (χ4v) is 3.53. The van der Waals surface area contributed by atoms with Crippen molar-refractivity contribution in [1.29, 1.82) is 0 Å². The van der Waals surface area contributed by atoms with E-state index in [0.717, 1.165) is 24.5 Å². The smallest absolute Gasteiger partial charge is 0.237 e. The van der Waals surface area contributed by atoms with Crippen molar-refractivity contribution in [3.63, 3.8) is 0 Å². The monoisotopic (exact) mass is 403 g/mol. The molecule has 0 fully saturated rings. The Morgan fingerprint density at radius 2 is 1.86 bits per heavy atom. The first-order valence-electron chi connectivity index (χ1n) is 9.57. The van der Waals surface area contributed by atoms with Crippen molar-refractivity contribution in [2.24, 2.45) is 11.7 Å². The topological polar surface area (TPSA) is 103 Å². The summed E-state index contributed by atoms with van der Waals surface area (Å²) in [5.74, 6) is 0.642. The van der Waals surface area contributed by atoms with E-state index in [9.17, 15) is 9.59 Å². The van der Waals surface area contributed by atoms with Crippen LogP contribution in [0.25, 0.3) is 0 Å². The predicted octanol–water partition coefficient (Wildman–Crippen LogP) is 3.03. The lowest BCUT2D eigenvalue weighted by Crippen LogP contribution is -2.23. The largest absolute Gasteiger partial charge is 0.370 e. The molecule has 3 N–H and O–H groups in total. The molecule has 0 bridgehead atoms. The van der Waals surface area contributed by atoms with E-state index in [1.165, 1.54) is 17.3 Å². The zero-order chi connectivity index (χ0) is 20.7. The third-order valence-electron chi connectivity index (χ3n) is 4.22. The molecule has 0 saturated heterocycles. The van der Waals surface area contributed by atoms with Crippen molar-refractivity contribution in [1.82, 2.24) is 14.8 Å². The minimum atomic E-state index is -0.366. The molecule has 1 aromatic carbocycles. The summed E-state index contributed by atoms with van der Waals surface area (Å²) in [6.07, 6.45) is 1.63. The van der Waals surface area contributed by atoms with Gasteiger partial charge in [0, 0.05) is 25.1 Å². The molecule has 0 radical (unpaired) electrons. The van der Waals surface area contributed by atoms with E-state index in [1.54, 1.807) is 0 Å². The van der Waals surface area contributed by atoms with E-state index in [0.29, 0.717) is 17.5 Å². The maximum absolute atomic E-state index is 12.6. The molecule has 2 amide bonds. The Morgan fingerprint density at radius 3 is 2.43 bits per heavy atom. The molecule has 7 nitrogen and oxygen atoms in total. The molecule has 2 rings (SSSR count). The van der Waals surface area contributed by atoms with Crippen LogP contribution in [0.1, 0.15) is 45.5 Å². The summed E-state index contributed by atoms with van der Waals surface area (Å²) in [7, 11) is 0. The number of carbonyl (C=O) groups is 2. The van der Waals surface area contributed by atoms with E-state index in [1.807, 2.05) is 35.8 Å². The van der Waals surface area contributed by atoms with Crippen molar-refractivity contribution < 1.29 is 9.59 Å². The lowest BCUT2D eigenvalue weighted by Gasteiger charge is -2.15. The van der Waals surface area contributed by atoms with Crippen LogP contribution in [0.5, 0.6) is 0 Å². The summed E-state index contributed by atoms with van der Waals surface area (Å²) in [6, 6.07) is 7.85. The highest BCUT2D eigenvalue weighted by Crippen LogP contribution is 2.25. The van der Waals surface area contributed by atoms with Crippen LogP contribution < -0.4 is 11.1 Å². The van der Waals surface area contributed by atoms with E-state index in [4.69, 9.17) is 5.73 Å². The second kappa shape index (κ2) is 10.3. The number of nitrogens with two attached hydrogens (primary N) is 1. The van der Waals surface area contributed by atoms with Gasteiger partial charge < -0.3 is 15.6 Å². The van der Waals surface area contributed by atoms with Gasteiger partial charge in [-0.25, -0.2) is 0 Å². The summed E-state index contributed by atoms with van der Waals surface area (Å²) in [5, 5.41) is 11.7. The number of benzene rings is 1. The van der Waals surface area contributed by atoms with Crippen LogP contribution in [-0.4, -0.2) is 31.8 Å². The number of aromatic nitrogens is 3. The normalized spacial score (nSPS) is 12.2. The van der Waals surface area contributed by atoms with Crippen LogP contribution >= 0.6 is 11.8 Å². The first-order valence-corrected chi connectivity index (χ1v) is 10.4. The summed E-state index contributed by atoms with van der Waals surface area (Å²) >= 11 is 1.36. The van der Waals surface area contributed by atoms with Gasteiger partial charge in [0.2, 0.25) is 11.8 Å². The number of rotatable bonds is 10. The van der Waals surface area contributed by atoms with Crippen LogP contribution in [-0.2, 0) is 29.0 Å². The highest BCUT2D eigenvalue weighted by atomic mass is 32.2. The van der Waals surface area contributed by atoms with Crippen molar-refractivity contribution in [3.05, 3.63) is 35.7 Å². The van der Waals surface area contributed by atoms with Gasteiger partial charge in [-0.05, 0) is 37.0 Å². The summed E-state index contributed by atoms with van der Waals surface area (Å²) in [4.78, 5) is 23.7. The van der Waals surface area contributed by atoms with Gasteiger partial charge in [-0.3, -0.25) is 9.59 Å². The predicted molar refractivity (Wildman–Crippen MR) is 112 cm³/mol. The van der Waals surface area contributed by atoms with Crippen molar-refractivity contribution in [2.45, 2.75) is 63.9 Å². The first kappa shape index (κ1) is 21.9. The number of hydrogen-bond donors (Lipinski definition) is 2. The number of primary amides is 1. The number of carbonyl (C=O) groups excluding carboxylic acids is 2. The Kier molecular flexibility index (Phi) is 8.04. The number of hydrogen-bond acceptors (Lipinski definition) is 5. The van der Waals surface area contributed by atoms with Crippen molar-refractivity contribution in [3.8, 4) is 0 Å². The second-order valence-corrected chi connectivity index (χ2v) is 8.48. The molecule has 1 aromatic heterocycles. The highest BCUT2D eigenvalue weighted by molar-refractivity contribution is 8.00. The van der Waals surface area contributed by atoms with Crippen molar-refractivity contribution >= 4 is 29.3 Å². The summed E-state index contributed by atoms with van der Waals surface area (Å²) in [6.45, 7) is 8.86. The molecule has 0 unspecified atom stereocenters. The zero-order valence-electron chi connectivity index (χ0n) is 16.9. The van der Waals surface area contributed by atoms with Gasteiger partial charge >= 0.3 is 0 Å². The number of nitrogens with one attached hydrogen (secondary N) is 1. The minimum Gasteiger partial charge on any atom is -0.370 e. The minimum absolute atomic E-state index is 0.0907. The molecule has 0 aliphatic carbocycles. The number of amides is 2. The summed E-state index contributed by atoms with van der Waals surface area (Å²) < 4.78 is 1.98. The average molecular weight is 404 g/mol. The van der Waals surface area contributed by atoms with Crippen LogP contribution in [0.4, 0.5) is 5.69 Å². The number of nitrogens with zero attached hydrogens (tertiary/aromatic N) is 3. The first-order chi connectivity index (χ1) is 13.3. The molecule has 152 valence electrons. The Labute approximate surface area is 170 Å². The van der Waals surface area contributed by atoms with Gasteiger partial charge in [-0.15, -0.1) is 10.2 Å². The maximum Gasteiger partial charge on any atom is 0.237 e. The Bertz CT molecular complexity index is 801. The highest BCUT2D eigenvalue weighted by Gasteiger charge is 2.21. The molecule has 0 saturated carbocycles. The molecular weight excluding hydrogens is 374 g/mol. The molecule has 1 heterocycles. The third kappa shape index (κ3) is 6.37. The van der Waals surface area contributed by atoms with Gasteiger partial charge in [0.1, 0.15) is 5.82 Å². The number of thioether (sulfide) groups is 1. The van der Waals surface area contributed by atoms with Gasteiger partial charge in [0.15, 0.2) is 5.16 Å². The van der Waals surface area contributed by atoms with E-state index in [-0.39, 0.29) is 23.5 Å². The van der Waals surface area contributed by atoms with Crippen LogP contribution in [0.3, 0.4) is 0 Å². The summed E-state index contributed by atoms with van der Waals surface area (Å²) in [5.41, 5.74) is 7.26. The van der Waals surface area contributed by atoms with E-state index >= 15 is 0 Å².